The van der Waals surface area contributed by atoms with Crippen LogP contribution in [0.15, 0.2) is 12.4 Å². The van der Waals surface area contributed by atoms with Gasteiger partial charge in [-0.25, -0.2) is 4.79 Å². The second-order valence-corrected chi connectivity index (χ2v) is 7.93. The summed E-state index contributed by atoms with van der Waals surface area (Å²) >= 11 is 2.16. The smallest absolute Gasteiger partial charge is 0.407 e. The molecule has 1 fully saturated rings. The first-order chi connectivity index (χ1) is 10.7. The molecule has 1 saturated heterocycles. The highest BCUT2D eigenvalue weighted by Crippen LogP contribution is 2.13. The van der Waals surface area contributed by atoms with E-state index in [4.69, 9.17) is 4.74 Å². The van der Waals surface area contributed by atoms with E-state index in [1.165, 1.54) is 0 Å². The Morgan fingerprint density at radius 3 is 2.83 bits per heavy atom. The summed E-state index contributed by atoms with van der Waals surface area (Å²) in [7, 11) is 0. The van der Waals surface area contributed by atoms with E-state index in [9.17, 15) is 9.59 Å². The summed E-state index contributed by atoms with van der Waals surface area (Å²) in [6.45, 7) is 6.93. The van der Waals surface area contributed by atoms with Crippen LogP contribution in [0.5, 0.6) is 0 Å². The Morgan fingerprint density at radius 2 is 2.22 bits per heavy atom. The lowest BCUT2D eigenvalue weighted by Crippen LogP contribution is -2.51. The van der Waals surface area contributed by atoms with Crippen molar-refractivity contribution in [2.45, 2.75) is 51.8 Å². The van der Waals surface area contributed by atoms with Crippen LogP contribution in [0.25, 0.3) is 0 Å². The van der Waals surface area contributed by atoms with Gasteiger partial charge in [-0.2, -0.15) is 5.10 Å². The zero-order valence-electron chi connectivity index (χ0n) is 13.7. The van der Waals surface area contributed by atoms with Gasteiger partial charge in [-0.05, 0) is 56.2 Å². The van der Waals surface area contributed by atoms with Crippen LogP contribution >= 0.6 is 22.6 Å². The van der Waals surface area contributed by atoms with Gasteiger partial charge in [0, 0.05) is 25.3 Å². The van der Waals surface area contributed by atoms with Crippen LogP contribution in [0.4, 0.5) is 4.79 Å². The van der Waals surface area contributed by atoms with E-state index < -0.39 is 11.7 Å². The topological polar surface area (TPSA) is 76.5 Å². The minimum absolute atomic E-state index is 0.0141. The average Bonchev–Trinajstić information content (AvgIpc) is 2.82. The second-order valence-electron chi connectivity index (χ2n) is 6.68. The molecule has 1 atom stereocenters. The number of halogens is 1. The summed E-state index contributed by atoms with van der Waals surface area (Å²) in [5.41, 5.74) is -0.522. The highest BCUT2D eigenvalue weighted by molar-refractivity contribution is 14.1. The molecule has 2 heterocycles. The van der Waals surface area contributed by atoms with Gasteiger partial charge in [-0.15, -0.1) is 0 Å². The molecule has 0 radical (unpaired) electrons. The van der Waals surface area contributed by atoms with Crippen molar-refractivity contribution in [1.82, 2.24) is 20.0 Å². The molecule has 0 unspecified atom stereocenters. The van der Waals surface area contributed by atoms with E-state index in [1.807, 2.05) is 27.0 Å². The number of hydrogen-bond acceptors (Lipinski definition) is 4. The van der Waals surface area contributed by atoms with Gasteiger partial charge < -0.3 is 15.0 Å². The number of nitrogens with one attached hydrogen (secondary N) is 1. The molecule has 2 amide bonds. The number of aromatic nitrogens is 2. The quantitative estimate of drug-likeness (QED) is 0.739. The molecule has 1 N–H and O–H groups in total. The number of carbonyl (C=O) groups is 2. The van der Waals surface area contributed by atoms with Gasteiger partial charge in [0.1, 0.15) is 12.1 Å². The summed E-state index contributed by atoms with van der Waals surface area (Å²) in [4.78, 5) is 26.0. The van der Waals surface area contributed by atoms with E-state index in [0.29, 0.717) is 13.1 Å². The molecule has 0 aromatic carbocycles. The van der Waals surface area contributed by atoms with Gasteiger partial charge in [0.2, 0.25) is 5.91 Å². The Kier molecular flexibility index (Phi) is 5.88. The van der Waals surface area contributed by atoms with Crippen molar-refractivity contribution in [3.8, 4) is 0 Å². The molecule has 0 spiro atoms. The van der Waals surface area contributed by atoms with Crippen molar-refractivity contribution in [1.29, 1.82) is 0 Å². The normalized spacial score (nSPS) is 18.6. The summed E-state index contributed by atoms with van der Waals surface area (Å²) in [5.74, 6) is 0.0141. The highest BCUT2D eigenvalue weighted by atomic mass is 127. The first-order valence-corrected chi connectivity index (χ1v) is 8.76. The molecular weight excluding hydrogens is 411 g/mol. The maximum atomic E-state index is 12.4. The van der Waals surface area contributed by atoms with Crippen molar-refractivity contribution in [3.63, 3.8) is 0 Å². The maximum absolute atomic E-state index is 12.4. The lowest BCUT2D eigenvalue weighted by Gasteiger charge is -2.33. The highest BCUT2D eigenvalue weighted by Gasteiger charge is 2.26. The fraction of sp³-hybridized carbons (Fsp3) is 0.667. The second kappa shape index (κ2) is 7.50. The molecular formula is C15H23IN4O3. The molecule has 8 heteroatoms. The zero-order chi connectivity index (χ0) is 17.0. The Balaban J connectivity index is 1.85. The van der Waals surface area contributed by atoms with Gasteiger partial charge in [0.15, 0.2) is 0 Å². The predicted octanol–water partition coefficient (Wildman–Crippen LogP) is 2.00. The number of hydrogen-bond donors (Lipinski definition) is 1. The molecule has 1 aromatic rings. The number of alkyl carbamates (subject to hydrolysis) is 1. The van der Waals surface area contributed by atoms with Gasteiger partial charge in [-0.3, -0.25) is 9.48 Å². The number of ether oxygens (including phenoxy) is 1. The summed E-state index contributed by atoms with van der Waals surface area (Å²) < 4.78 is 7.90. The van der Waals surface area contributed by atoms with E-state index in [1.54, 1.807) is 15.8 Å². The van der Waals surface area contributed by atoms with Gasteiger partial charge in [-0.1, -0.05) is 0 Å². The average molecular weight is 434 g/mol. The lowest BCUT2D eigenvalue weighted by atomic mass is 10.1. The molecule has 0 saturated carbocycles. The van der Waals surface area contributed by atoms with Crippen molar-refractivity contribution in [3.05, 3.63) is 16.0 Å². The molecule has 0 bridgehead atoms. The fourth-order valence-corrected chi connectivity index (χ4v) is 2.91. The third kappa shape index (κ3) is 6.00. The van der Waals surface area contributed by atoms with Crippen molar-refractivity contribution in [2.75, 3.05) is 13.1 Å². The Bertz CT molecular complexity index is 567. The van der Waals surface area contributed by atoms with Gasteiger partial charge in [0.05, 0.1) is 9.77 Å². The number of carbonyl (C=O) groups excluding carboxylic acids is 2. The monoisotopic (exact) mass is 434 g/mol. The van der Waals surface area contributed by atoms with Crippen LogP contribution in [-0.2, 0) is 16.1 Å². The predicted molar refractivity (Wildman–Crippen MR) is 93.9 cm³/mol. The molecule has 128 valence electrons. The standard InChI is InChI=1S/C15H23IN4O3/c1-15(2,3)23-14(22)18-12-5-4-6-19(9-12)13(21)10-20-8-11(16)7-17-20/h7-8,12H,4-6,9-10H2,1-3H3,(H,18,22)/t12-/m0/s1. The molecule has 1 aliphatic heterocycles. The van der Waals surface area contributed by atoms with Crippen LogP contribution in [0, 0.1) is 3.57 Å². The van der Waals surface area contributed by atoms with E-state index >= 15 is 0 Å². The third-order valence-electron chi connectivity index (χ3n) is 3.39. The number of piperidine rings is 1. The van der Waals surface area contributed by atoms with Crippen LogP contribution in [0.1, 0.15) is 33.6 Å². The summed E-state index contributed by atoms with van der Waals surface area (Å²) in [6.07, 6.45) is 4.83. The molecule has 0 aliphatic carbocycles. The Labute approximate surface area is 149 Å². The van der Waals surface area contributed by atoms with Crippen LogP contribution in [0.3, 0.4) is 0 Å². The zero-order valence-corrected chi connectivity index (χ0v) is 15.9. The van der Waals surface area contributed by atoms with E-state index in [2.05, 4.69) is 33.0 Å². The van der Waals surface area contributed by atoms with Crippen molar-refractivity contribution >= 4 is 34.6 Å². The lowest BCUT2D eigenvalue weighted by molar-refractivity contribution is -0.133. The Morgan fingerprint density at radius 1 is 1.48 bits per heavy atom. The fourth-order valence-electron chi connectivity index (χ4n) is 2.46. The maximum Gasteiger partial charge on any atom is 0.407 e. The minimum Gasteiger partial charge on any atom is -0.444 e. The molecule has 2 rings (SSSR count). The number of amides is 2. The minimum atomic E-state index is -0.522. The van der Waals surface area contributed by atoms with E-state index in [-0.39, 0.29) is 18.5 Å². The van der Waals surface area contributed by atoms with Crippen LogP contribution < -0.4 is 5.32 Å². The number of nitrogens with zero attached hydrogens (tertiary/aromatic N) is 3. The largest absolute Gasteiger partial charge is 0.444 e. The van der Waals surface area contributed by atoms with Crippen LogP contribution in [0.2, 0.25) is 0 Å². The number of rotatable bonds is 3. The Hall–Kier alpha value is -1.32. The molecule has 1 aliphatic rings. The number of likely N-dealkylation sites (tertiary alicyclic amines) is 1. The molecule has 7 nitrogen and oxygen atoms in total. The van der Waals surface area contributed by atoms with Crippen molar-refractivity contribution < 1.29 is 14.3 Å². The van der Waals surface area contributed by atoms with Gasteiger partial charge >= 0.3 is 6.09 Å². The summed E-state index contributed by atoms with van der Waals surface area (Å²) in [5, 5.41) is 6.98. The first-order valence-electron chi connectivity index (χ1n) is 7.68. The SMILES string of the molecule is CC(C)(C)OC(=O)N[C@H]1CCCN(C(=O)Cn2cc(I)cn2)C1. The first kappa shape index (κ1) is 18.0. The van der Waals surface area contributed by atoms with E-state index in [0.717, 1.165) is 16.4 Å². The third-order valence-corrected chi connectivity index (χ3v) is 3.95. The van der Waals surface area contributed by atoms with Crippen molar-refractivity contribution in [2.24, 2.45) is 0 Å². The van der Waals surface area contributed by atoms with Crippen LogP contribution in [-0.4, -0.2) is 51.4 Å². The van der Waals surface area contributed by atoms with Gasteiger partial charge in [0.25, 0.3) is 0 Å². The molecule has 1 aromatic heterocycles. The molecule has 23 heavy (non-hydrogen) atoms. The summed E-state index contributed by atoms with van der Waals surface area (Å²) in [6, 6.07) is -0.0692.